The lowest BCUT2D eigenvalue weighted by Gasteiger charge is -2.42. The molecular formula is C39H35P3. The minimum Gasteiger partial charge on any atom is -0.0622 e. The lowest BCUT2D eigenvalue weighted by molar-refractivity contribution is 1.06. The van der Waals surface area contributed by atoms with Crippen LogP contribution >= 0.6 is 23.8 Å². The van der Waals surface area contributed by atoms with Crippen molar-refractivity contribution in [2.24, 2.45) is 0 Å². The van der Waals surface area contributed by atoms with E-state index in [-0.39, 0.29) is 0 Å². The van der Waals surface area contributed by atoms with Gasteiger partial charge in [0.1, 0.15) is 0 Å². The van der Waals surface area contributed by atoms with Gasteiger partial charge in [-0.15, -0.1) is 0 Å². The number of rotatable bonds is 10. The number of hydrogen-bond acceptors (Lipinski definition) is 0. The quantitative estimate of drug-likeness (QED) is 0.140. The molecule has 206 valence electrons. The molecule has 0 aliphatic rings. The first-order chi connectivity index (χ1) is 20.8. The second-order valence-electron chi connectivity index (χ2n) is 10.3. The number of benzene rings is 6. The summed E-state index contributed by atoms with van der Waals surface area (Å²) in [4.78, 5) is 0. The van der Waals surface area contributed by atoms with Crippen LogP contribution in [-0.4, -0.2) is 11.1 Å². The van der Waals surface area contributed by atoms with Gasteiger partial charge >= 0.3 is 0 Å². The molecule has 0 radical (unpaired) electrons. The van der Waals surface area contributed by atoms with Crippen molar-refractivity contribution in [3.05, 3.63) is 182 Å². The zero-order chi connectivity index (χ0) is 28.6. The van der Waals surface area contributed by atoms with Crippen LogP contribution < -0.4 is 31.8 Å². The Labute approximate surface area is 254 Å². The van der Waals surface area contributed by atoms with Crippen molar-refractivity contribution in [1.29, 1.82) is 0 Å². The molecule has 0 saturated carbocycles. The Morgan fingerprint density at radius 3 is 0.690 bits per heavy atom. The summed E-state index contributed by atoms with van der Waals surface area (Å²) in [6.45, 7) is 2.55. The first-order valence-electron chi connectivity index (χ1n) is 14.5. The molecule has 0 aliphatic carbocycles. The molecule has 0 saturated heterocycles. The highest BCUT2D eigenvalue weighted by Gasteiger charge is 2.41. The fourth-order valence-electron chi connectivity index (χ4n) is 5.74. The molecule has 0 heterocycles. The van der Waals surface area contributed by atoms with Gasteiger partial charge in [0, 0.05) is 5.40 Å². The van der Waals surface area contributed by atoms with Crippen LogP contribution in [0, 0.1) is 0 Å². The highest BCUT2D eigenvalue weighted by atomic mass is 31.2. The molecule has 0 amide bonds. The van der Waals surface area contributed by atoms with E-state index < -0.39 is 23.8 Å². The van der Waals surface area contributed by atoms with Crippen LogP contribution in [0.15, 0.2) is 182 Å². The molecule has 0 bridgehead atoms. The van der Waals surface area contributed by atoms with Crippen LogP contribution in [0.1, 0.15) is 6.92 Å². The van der Waals surface area contributed by atoms with E-state index in [0.717, 1.165) is 0 Å². The maximum Gasteiger partial charge on any atom is 0.0225 e. The molecule has 6 aromatic carbocycles. The van der Waals surface area contributed by atoms with Crippen LogP contribution in [0.5, 0.6) is 0 Å². The third-order valence-electron chi connectivity index (χ3n) is 7.57. The summed E-state index contributed by atoms with van der Waals surface area (Å²) in [5.74, 6) is 0. The minimum absolute atomic E-state index is 0.399. The Morgan fingerprint density at radius 2 is 0.476 bits per heavy atom. The van der Waals surface area contributed by atoms with Gasteiger partial charge in [-0.05, 0) is 61.3 Å². The van der Waals surface area contributed by atoms with Gasteiger partial charge in [0.15, 0.2) is 0 Å². The van der Waals surface area contributed by atoms with E-state index in [9.17, 15) is 0 Å². The number of hydrogen-bond donors (Lipinski definition) is 0. The zero-order valence-electron chi connectivity index (χ0n) is 23.8. The van der Waals surface area contributed by atoms with E-state index in [1.165, 1.54) is 31.8 Å². The molecule has 0 aliphatic heterocycles. The van der Waals surface area contributed by atoms with Gasteiger partial charge in [-0.3, -0.25) is 0 Å². The molecule has 0 fully saturated rings. The van der Waals surface area contributed by atoms with E-state index >= 15 is 0 Å². The van der Waals surface area contributed by atoms with Gasteiger partial charge < -0.3 is 0 Å². The average Bonchev–Trinajstić information content (AvgIpc) is 3.07. The maximum atomic E-state index is 2.55. The molecule has 1 atom stereocenters. The molecule has 0 nitrogen and oxygen atoms in total. The highest BCUT2D eigenvalue weighted by Crippen LogP contribution is 2.63. The summed E-state index contributed by atoms with van der Waals surface area (Å²) in [5, 5.41) is 9.09. The van der Waals surface area contributed by atoms with Crippen LogP contribution in [0.4, 0.5) is 0 Å². The van der Waals surface area contributed by atoms with Crippen LogP contribution in [0.3, 0.4) is 0 Å². The third-order valence-corrected chi connectivity index (χ3v) is 17.6. The molecule has 42 heavy (non-hydrogen) atoms. The predicted octanol–water partition coefficient (Wildman–Crippen LogP) is 8.10. The maximum absolute atomic E-state index is 2.55. The molecule has 6 aromatic rings. The Kier molecular flexibility index (Phi) is 9.70. The highest BCUT2D eigenvalue weighted by molar-refractivity contribution is 7.91. The van der Waals surface area contributed by atoms with Crippen molar-refractivity contribution >= 4 is 55.6 Å². The Bertz CT molecular complexity index is 1430. The summed E-state index contributed by atoms with van der Waals surface area (Å²) in [5.41, 5.74) is 0.405. The summed E-state index contributed by atoms with van der Waals surface area (Å²) < 4.78 is 0. The smallest absolute Gasteiger partial charge is 0.0225 e. The van der Waals surface area contributed by atoms with Gasteiger partial charge in [0.25, 0.3) is 0 Å². The summed E-state index contributed by atoms with van der Waals surface area (Å²) in [6.07, 6.45) is 0. The lowest BCUT2D eigenvalue weighted by Crippen LogP contribution is -2.36. The van der Waals surface area contributed by atoms with E-state index in [4.69, 9.17) is 0 Å². The fraction of sp³-hybridized carbons (Fsp3) is 0.0769. The largest absolute Gasteiger partial charge is 0.0622 e. The zero-order valence-corrected chi connectivity index (χ0v) is 26.5. The van der Waals surface area contributed by atoms with Crippen molar-refractivity contribution in [1.82, 2.24) is 0 Å². The van der Waals surface area contributed by atoms with Gasteiger partial charge in [0.2, 0.25) is 0 Å². The fourth-order valence-corrected chi connectivity index (χ4v) is 17.0. The van der Waals surface area contributed by atoms with E-state index in [0.29, 0.717) is 11.1 Å². The topological polar surface area (TPSA) is 0 Å². The minimum atomic E-state index is -0.708. The van der Waals surface area contributed by atoms with Gasteiger partial charge in [-0.25, -0.2) is 0 Å². The molecular weight excluding hydrogens is 561 g/mol. The molecule has 0 aromatic heterocycles. The lowest BCUT2D eigenvalue weighted by atomic mass is 10.4. The molecule has 0 spiro atoms. The van der Waals surface area contributed by atoms with Crippen LogP contribution in [0.2, 0.25) is 0 Å². The second kappa shape index (κ2) is 14.2. The molecule has 6 rings (SSSR count). The van der Waals surface area contributed by atoms with Gasteiger partial charge in [-0.2, -0.15) is 0 Å². The second-order valence-corrected chi connectivity index (χ2v) is 17.9. The first kappa shape index (κ1) is 28.7. The average molecular weight is 597 g/mol. The van der Waals surface area contributed by atoms with Crippen LogP contribution in [0.25, 0.3) is 0 Å². The Morgan fingerprint density at radius 1 is 0.286 bits per heavy atom. The van der Waals surface area contributed by atoms with Crippen molar-refractivity contribution in [2.75, 3.05) is 0 Å². The van der Waals surface area contributed by atoms with Crippen molar-refractivity contribution in [2.45, 2.75) is 18.0 Å². The van der Waals surface area contributed by atoms with Crippen molar-refractivity contribution in [3.63, 3.8) is 0 Å². The summed E-state index contributed by atoms with van der Waals surface area (Å²) in [7, 11) is -2.06. The molecule has 0 N–H and O–H groups in total. The summed E-state index contributed by atoms with van der Waals surface area (Å²) >= 11 is 0. The Balaban J connectivity index is 1.64. The standard InChI is InChI=1S/C39H35P3/c1-32(40(33-20-8-2-9-21-33)34-22-10-3-11-23-34)39(41(35-24-12-4-13-25-35)36-26-14-5-15-27-36)42(37-28-16-6-17-29-37)38-30-18-7-19-31-38/h2-32,39H,1H3. The van der Waals surface area contributed by atoms with E-state index in [2.05, 4.69) is 189 Å². The predicted molar refractivity (Wildman–Crippen MR) is 190 cm³/mol. The van der Waals surface area contributed by atoms with E-state index in [1.807, 2.05) is 0 Å². The monoisotopic (exact) mass is 596 g/mol. The van der Waals surface area contributed by atoms with Gasteiger partial charge in [-0.1, -0.05) is 189 Å². The van der Waals surface area contributed by atoms with Gasteiger partial charge in [0.05, 0.1) is 0 Å². The molecule has 3 heteroatoms. The Hall–Kier alpha value is -3.39. The molecule has 1 unspecified atom stereocenters. The SMILES string of the molecule is CC(C(P(c1ccccc1)c1ccccc1)P(c1ccccc1)c1ccccc1)P(c1ccccc1)c1ccccc1. The third kappa shape index (κ3) is 6.48. The van der Waals surface area contributed by atoms with Crippen LogP contribution in [-0.2, 0) is 0 Å². The van der Waals surface area contributed by atoms with E-state index in [1.54, 1.807) is 0 Å². The first-order valence-corrected chi connectivity index (χ1v) is 18.7. The summed E-state index contributed by atoms with van der Waals surface area (Å²) in [6, 6.07) is 67.9. The van der Waals surface area contributed by atoms with Crippen molar-refractivity contribution < 1.29 is 0 Å². The normalized spacial score (nSPS) is 12.2. The van der Waals surface area contributed by atoms with Crippen molar-refractivity contribution in [3.8, 4) is 0 Å².